The maximum Gasteiger partial charge on any atom is 0.0547 e. The summed E-state index contributed by atoms with van der Waals surface area (Å²) < 4.78 is 2.41. The minimum absolute atomic E-state index is 0.0547. The summed E-state index contributed by atoms with van der Waals surface area (Å²) >= 11 is 0. The zero-order chi connectivity index (χ0) is 20.0. The van der Waals surface area contributed by atoms with Gasteiger partial charge in [-0.1, -0.05) is 93.6 Å². The predicted molar refractivity (Wildman–Crippen MR) is 125 cm³/mol. The largest absolute Gasteiger partial charge is 0.309 e. The van der Waals surface area contributed by atoms with Crippen LogP contribution in [0.5, 0.6) is 0 Å². The zero-order valence-corrected chi connectivity index (χ0v) is 17.2. The van der Waals surface area contributed by atoms with Gasteiger partial charge in [-0.05, 0) is 46.4 Å². The molecular formula is C28H25N. The Labute approximate surface area is 172 Å². The number of nitrogens with zero attached hydrogens (tertiary/aromatic N) is 1. The van der Waals surface area contributed by atoms with E-state index in [0.717, 1.165) is 0 Å². The lowest BCUT2D eigenvalue weighted by molar-refractivity contribution is 0.596. The lowest BCUT2D eigenvalue weighted by Crippen LogP contribution is -2.11. The molecule has 0 fully saturated rings. The van der Waals surface area contributed by atoms with Crippen LogP contribution >= 0.6 is 0 Å². The van der Waals surface area contributed by atoms with Crippen molar-refractivity contribution < 1.29 is 0 Å². The Bertz CT molecular complexity index is 1300. The normalized spacial score (nSPS) is 12.0. The molecule has 0 aliphatic carbocycles. The average Bonchev–Trinajstić information content (AvgIpc) is 3.09. The van der Waals surface area contributed by atoms with E-state index in [0.29, 0.717) is 0 Å². The van der Waals surface area contributed by atoms with Gasteiger partial charge in [-0.25, -0.2) is 0 Å². The molecule has 1 heterocycles. The minimum atomic E-state index is 0.0547. The predicted octanol–water partition coefficient (Wildman–Crippen LogP) is 7.75. The van der Waals surface area contributed by atoms with Crippen molar-refractivity contribution in [2.24, 2.45) is 0 Å². The number of hydrogen-bond acceptors (Lipinski definition) is 0. The van der Waals surface area contributed by atoms with Gasteiger partial charge in [0.05, 0.1) is 11.0 Å². The SMILES string of the molecule is CC(C)(C)c1cccc2c1c1c(-c3ccccc3)cccc1n2-c1ccccc1. The highest BCUT2D eigenvalue weighted by Gasteiger charge is 2.23. The summed E-state index contributed by atoms with van der Waals surface area (Å²) in [6, 6.07) is 34.9. The summed E-state index contributed by atoms with van der Waals surface area (Å²) in [7, 11) is 0. The van der Waals surface area contributed by atoms with E-state index < -0.39 is 0 Å². The molecule has 0 radical (unpaired) electrons. The summed E-state index contributed by atoms with van der Waals surface area (Å²) in [5.41, 5.74) is 7.71. The van der Waals surface area contributed by atoms with E-state index in [4.69, 9.17) is 0 Å². The van der Waals surface area contributed by atoms with Crippen LogP contribution < -0.4 is 0 Å². The Morgan fingerprint density at radius 1 is 0.552 bits per heavy atom. The van der Waals surface area contributed by atoms with Crippen molar-refractivity contribution in [2.75, 3.05) is 0 Å². The fraction of sp³-hybridized carbons (Fsp3) is 0.143. The highest BCUT2D eigenvalue weighted by atomic mass is 15.0. The molecule has 4 aromatic carbocycles. The van der Waals surface area contributed by atoms with Crippen LogP contribution in [-0.4, -0.2) is 4.57 Å². The molecule has 0 aliphatic rings. The van der Waals surface area contributed by atoms with E-state index in [1.54, 1.807) is 0 Å². The lowest BCUT2D eigenvalue weighted by atomic mass is 9.83. The number of para-hydroxylation sites is 1. The Hall–Kier alpha value is -3.32. The van der Waals surface area contributed by atoms with Gasteiger partial charge in [0.2, 0.25) is 0 Å². The quantitative estimate of drug-likeness (QED) is 0.297. The molecule has 1 nitrogen and oxygen atoms in total. The second-order valence-corrected chi connectivity index (χ2v) is 8.69. The third-order valence-electron chi connectivity index (χ3n) is 5.72. The van der Waals surface area contributed by atoms with Gasteiger partial charge in [-0.2, -0.15) is 0 Å². The first-order valence-electron chi connectivity index (χ1n) is 10.2. The number of fused-ring (bicyclic) bond motifs is 3. The molecule has 5 aromatic rings. The molecule has 0 spiro atoms. The molecule has 0 saturated heterocycles. The standard InChI is InChI=1S/C28H25N/c1-28(2,3)23-17-11-19-25-27(23)26-22(20-12-6-4-7-13-20)16-10-18-24(26)29(25)21-14-8-5-9-15-21/h4-19H,1-3H3. The number of benzene rings is 4. The maximum atomic E-state index is 2.41. The summed E-state index contributed by atoms with van der Waals surface area (Å²) in [6.45, 7) is 6.91. The van der Waals surface area contributed by atoms with Crippen LogP contribution in [0, 0.1) is 0 Å². The Morgan fingerprint density at radius 2 is 1.14 bits per heavy atom. The van der Waals surface area contributed by atoms with Gasteiger partial charge in [0.15, 0.2) is 0 Å². The monoisotopic (exact) mass is 375 g/mol. The van der Waals surface area contributed by atoms with E-state index in [-0.39, 0.29) is 5.41 Å². The molecule has 29 heavy (non-hydrogen) atoms. The number of rotatable bonds is 2. The highest BCUT2D eigenvalue weighted by molar-refractivity contribution is 6.17. The fourth-order valence-electron chi connectivity index (χ4n) is 4.45. The number of hydrogen-bond donors (Lipinski definition) is 0. The van der Waals surface area contributed by atoms with Gasteiger partial charge in [-0.15, -0.1) is 0 Å². The summed E-state index contributed by atoms with van der Waals surface area (Å²) in [4.78, 5) is 0. The number of aromatic nitrogens is 1. The molecule has 142 valence electrons. The molecular weight excluding hydrogens is 350 g/mol. The van der Waals surface area contributed by atoms with Crippen molar-refractivity contribution in [2.45, 2.75) is 26.2 Å². The van der Waals surface area contributed by atoms with Crippen LogP contribution in [-0.2, 0) is 5.41 Å². The third kappa shape index (κ3) is 2.86. The molecule has 0 saturated carbocycles. The molecule has 1 heteroatoms. The summed E-state index contributed by atoms with van der Waals surface area (Å²) in [5.74, 6) is 0. The molecule has 0 unspecified atom stereocenters. The Morgan fingerprint density at radius 3 is 1.79 bits per heavy atom. The summed E-state index contributed by atoms with van der Waals surface area (Å²) in [6.07, 6.45) is 0. The Kier molecular flexibility index (Phi) is 4.06. The van der Waals surface area contributed by atoms with E-state index in [2.05, 4.69) is 122 Å². The van der Waals surface area contributed by atoms with Gasteiger partial charge in [-0.3, -0.25) is 0 Å². The van der Waals surface area contributed by atoms with E-state index in [1.165, 1.54) is 44.2 Å². The molecule has 0 amide bonds. The zero-order valence-electron chi connectivity index (χ0n) is 17.2. The van der Waals surface area contributed by atoms with Crippen molar-refractivity contribution in [3.05, 3.63) is 103 Å². The minimum Gasteiger partial charge on any atom is -0.309 e. The van der Waals surface area contributed by atoms with E-state index >= 15 is 0 Å². The molecule has 0 N–H and O–H groups in total. The van der Waals surface area contributed by atoms with Gasteiger partial charge in [0.25, 0.3) is 0 Å². The van der Waals surface area contributed by atoms with Crippen LogP contribution in [0.2, 0.25) is 0 Å². The van der Waals surface area contributed by atoms with Crippen LogP contribution in [0.3, 0.4) is 0 Å². The first kappa shape index (κ1) is 17.8. The van der Waals surface area contributed by atoms with E-state index in [1.807, 2.05) is 0 Å². The lowest BCUT2D eigenvalue weighted by Gasteiger charge is -2.21. The van der Waals surface area contributed by atoms with Crippen LogP contribution in [0.25, 0.3) is 38.6 Å². The summed E-state index contributed by atoms with van der Waals surface area (Å²) in [5, 5.41) is 2.70. The van der Waals surface area contributed by atoms with Crippen LogP contribution in [0.15, 0.2) is 97.1 Å². The maximum absolute atomic E-state index is 2.41. The van der Waals surface area contributed by atoms with Crippen LogP contribution in [0.1, 0.15) is 26.3 Å². The van der Waals surface area contributed by atoms with Gasteiger partial charge in [0.1, 0.15) is 0 Å². The molecule has 0 bridgehead atoms. The topological polar surface area (TPSA) is 4.93 Å². The molecule has 5 rings (SSSR count). The van der Waals surface area contributed by atoms with Crippen molar-refractivity contribution >= 4 is 21.8 Å². The Balaban J connectivity index is 2.02. The first-order valence-corrected chi connectivity index (χ1v) is 10.2. The van der Waals surface area contributed by atoms with Gasteiger partial charge >= 0.3 is 0 Å². The van der Waals surface area contributed by atoms with Crippen molar-refractivity contribution in [3.63, 3.8) is 0 Å². The molecule has 1 aromatic heterocycles. The third-order valence-corrected chi connectivity index (χ3v) is 5.72. The second-order valence-electron chi connectivity index (χ2n) is 8.69. The van der Waals surface area contributed by atoms with Crippen LogP contribution in [0.4, 0.5) is 0 Å². The van der Waals surface area contributed by atoms with Crippen molar-refractivity contribution in [3.8, 4) is 16.8 Å². The second kappa shape index (κ2) is 6.63. The fourth-order valence-corrected chi connectivity index (χ4v) is 4.45. The molecule has 0 atom stereocenters. The highest BCUT2D eigenvalue weighted by Crippen LogP contribution is 2.42. The smallest absolute Gasteiger partial charge is 0.0547 e. The molecule has 0 aliphatic heterocycles. The van der Waals surface area contributed by atoms with Crippen molar-refractivity contribution in [1.82, 2.24) is 4.57 Å². The van der Waals surface area contributed by atoms with Gasteiger partial charge in [0, 0.05) is 16.5 Å². The van der Waals surface area contributed by atoms with E-state index in [9.17, 15) is 0 Å². The van der Waals surface area contributed by atoms with Gasteiger partial charge < -0.3 is 4.57 Å². The first-order chi connectivity index (χ1) is 14.1. The average molecular weight is 376 g/mol. The van der Waals surface area contributed by atoms with Crippen molar-refractivity contribution in [1.29, 1.82) is 0 Å².